The molecular weight excluding hydrogens is 214 g/mol. The number of hydrogen-bond donors (Lipinski definition) is 4. The monoisotopic (exact) mass is 233 g/mol. The van der Waals surface area contributed by atoms with Gasteiger partial charge in [0.1, 0.15) is 17.8 Å². The van der Waals surface area contributed by atoms with E-state index in [0.717, 1.165) is 0 Å². The molecule has 0 spiro atoms. The van der Waals surface area contributed by atoms with Crippen molar-refractivity contribution < 1.29 is 24.9 Å². The lowest BCUT2D eigenvalue weighted by molar-refractivity contribution is -0.0232. The molecule has 6 heteroatoms. The zero-order valence-electron chi connectivity index (χ0n) is 9.67. The Morgan fingerprint density at radius 3 is 2.19 bits per heavy atom. The maximum Gasteiger partial charge on any atom is 0.407 e. The number of aliphatic hydroxyl groups is 3. The normalized spacial score (nSPS) is 34.9. The van der Waals surface area contributed by atoms with Gasteiger partial charge in [-0.15, -0.1) is 0 Å². The highest BCUT2D eigenvalue weighted by molar-refractivity contribution is 5.68. The zero-order valence-corrected chi connectivity index (χ0v) is 9.67. The quantitative estimate of drug-likeness (QED) is 0.483. The third kappa shape index (κ3) is 3.33. The van der Waals surface area contributed by atoms with Crippen LogP contribution in [0.3, 0.4) is 0 Å². The lowest BCUT2D eigenvalue weighted by Crippen LogP contribution is -2.45. The van der Waals surface area contributed by atoms with E-state index in [-0.39, 0.29) is 6.42 Å². The second-order valence-corrected chi connectivity index (χ2v) is 5.04. The van der Waals surface area contributed by atoms with Gasteiger partial charge in [-0.25, -0.2) is 4.79 Å². The molecule has 1 rings (SSSR count). The minimum atomic E-state index is -1.22. The topological polar surface area (TPSA) is 99.0 Å². The van der Waals surface area contributed by atoms with Gasteiger partial charge < -0.3 is 25.4 Å². The maximum absolute atomic E-state index is 11.4. The van der Waals surface area contributed by atoms with Crippen molar-refractivity contribution in [1.82, 2.24) is 5.32 Å². The smallest absolute Gasteiger partial charge is 0.407 e. The lowest BCUT2D eigenvalue weighted by Gasteiger charge is -2.23. The highest BCUT2D eigenvalue weighted by atomic mass is 16.6. The molecule has 6 nitrogen and oxygen atoms in total. The number of amides is 1. The largest absolute Gasteiger partial charge is 0.444 e. The van der Waals surface area contributed by atoms with Crippen LogP contribution >= 0.6 is 0 Å². The Balaban J connectivity index is 2.47. The Kier molecular flexibility index (Phi) is 3.77. The summed E-state index contributed by atoms with van der Waals surface area (Å²) in [4.78, 5) is 11.4. The molecule has 0 radical (unpaired) electrons. The summed E-state index contributed by atoms with van der Waals surface area (Å²) >= 11 is 0. The molecule has 1 aliphatic carbocycles. The van der Waals surface area contributed by atoms with E-state index in [1.807, 2.05) is 0 Å². The van der Waals surface area contributed by atoms with Crippen molar-refractivity contribution in [3.05, 3.63) is 0 Å². The maximum atomic E-state index is 11.4. The van der Waals surface area contributed by atoms with Gasteiger partial charge in [-0.3, -0.25) is 0 Å². The zero-order chi connectivity index (χ0) is 12.5. The number of carbonyl (C=O) groups excluding carboxylic acids is 1. The first-order chi connectivity index (χ1) is 7.20. The van der Waals surface area contributed by atoms with Gasteiger partial charge in [-0.1, -0.05) is 0 Å². The molecule has 0 aromatic heterocycles. The van der Waals surface area contributed by atoms with Gasteiger partial charge in [0, 0.05) is 0 Å². The summed E-state index contributed by atoms with van der Waals surface area (Å²) in [5, 5.41) is 30.5. The molecule has 1 amide bonds. The molecule has 1 aliphatic rings. The van der Waals surface area contributed by atoms with Gasteiger partial charge in [0.15, 0.2) is 0 Å². The van der Waals surface area contributed by atoms with Crippen molar-refractivity contribution in [2.75, 3.05) is 0 Å². The second-order valence-electron chi connectivity index (χ2n) is 5.04. The summed E-state index contributed by atoms with van der Waals surface area (Å²) < 4.78 is 4.99. The van der Waals surface area contributed by atoms with Crippen LogP contribution in [-0.2, 0) is 4.74 Å². The van der Waals surface area contributed by atoms with E-state index in [9.17, 15) is 20.1 Å². The van der Waals surface area contributed by atoms with Crippen molar-refractivity contribution >= 4 is 6.09 Å². The summed E-state index contributed by atoms with van der Waals surface area (Å²) in [5.41, 5.74) is -0.620. The first-order valence-corrected chi connectivity index (χ1v) is 5.24. The first-order valence-electron chi connectivity index (χ1n) is 5.24. The van der Waals surface area contributed by atoms with Crippen LogP contribution in [0.4, 0.5) is 4.79 Å². The molecule has 0 unspecified atom stereocenters. The van der Waals surface area contributed by atoms with Crippen LogP contribution in [0.2, 0.25) is 0 Å². The predicted octanol–water partition coefficient (Wildman–Crippen LogP) is -0.634. The summed E-state index contributed by atoms with van der Waals surface area (Å²) in [6, 6.07) is -0.681. The van der Waals surface area contributed by atoms with E-state index in [1.54, 1.807) is 20.8 Å². The van der Waals surface area contributed by atoms with Gasteiger partial charge in [0.2, 0.25) is 0 Å². The van der Waals surface area contributed by atoms with Crippen molar-refractivity contribution in [3.8, 4) is 0 Å². The highest BCUT2D eigenvalue weighted by Crippen LogP contribution is 2.21. The molecule has 94 valence electrons. The average molecular weight is 233 g/mol. The van der Waals surface area contributed by atoms with E-state index in [2.05, 4.69) is 5.32 Å². The molecular formula is C10H19NO5. The van der Waals surface area contributed by atoms with E-state index < -0.39 is 36.0 Å². The first kappa shape index (κ1) is 13.2. The van der Waals surface area contributed by atoms with Crippen LogP contribution in [0, 0.1) is 0 Å². The van der Waals surface area contributed by atoms with Crippen LogP contribution in [0.5, 0.6) is 0 Å². The number of aliphatic hydroxyl groups excluding tert-OH is 3. The molecule has 4 atom stereocenters. The Bertz CT molecular complexity index is 262. The molecule has 0 aromatic carbocycles. The molecule has 1 saturated carbocycles. The molecule has 0 heterocycles. The summed E-state index contributed by atoms with van der Waals surface area (Å²) in [6.07, 6.45) is -3.96. The van der Waals surface area contributed by atoms with Crippen LogP contribution in [0.1, 0.15) is 27.2 Å². The Morgan fingerprint density at radius 1 is 1.25 bits per heavy atom. The fourth-order valence-electron chi connectivity index (χ4n) is 1.61. The third-order valence-corrected chi connectivity index (χ3v) is 2.35. The summed E-state index contributed by atoms with van der Waals surface area (Å²) in [6.45, 7) is 5.17. The van der Waals surface area contributed by atoms with Crippen LogP contribution in [-0.4, -0.2) is 51.4 Å². The summed E-state index contributed by atoms with van der Waals surface area (Å²) in [5.74, 6) is 0. The number of ether oxygens (including phenoxy) is 1. The van der Waals surface area contributed by atoms with Crippen LogP contribution < -0.4 is 5.32 Å². The Morgan fingerprint density at radius 2 is 1.81 bits per heavy atom. The molecule has 0 bridgehead atoms. The third-order valence-electron chi connectivity index (χ3n) is 2.35. The lowest BCUT2D eigenvalue weighted by atomic mass is 10.2. The van der Waals surface area contributed by atoms with Crippen LogP contribution in [0.15, 0.2) is 0 Å². The van der Waals surface area contributed by atoms with Gasteiger partial charge in [-0.05, 0) is 27.2 Å². The Hall–Kier alpha value is -0.850. The fourth-order valence-corrected chi connectivity index (χ4v) is 1.61. The number of alkyl carbamates (subject to hydrolysis) is 1. The molecule has 4 N–H and O–H groups in total. The highest BCUT2D eigenvalue weighted by Gasteiger charge is 2.41. The van der Waals surface area contributed by atoms with Gasteiger partial charge in [0.05, 0.1) is 12.1 Å². The Labute approximate surface area is 94.2 Å². The van der Waals surface area contributed by atoms with Crippen molar-refractivity contribution in [2.45, 2.75) is 57.1 Å². The predicted molar refractivity (Wildman–Crippen MR) is 55.8 cm³/mol. The van der Waals surface area contributed by atoms with Crippen molar-refractivity contribution in [2.24, 2.45) is 0 Å². The molecule has 0 aliphatic heterocycles. The minimum Gasteiger partial charge on any atom is -0.444 e. The van der Waals surface area contributed by atoms with Crippen molar-refractivity contribution in [1.29, 1.82) is 0 Å². The van der Waals surface area contributed by atoms with Crippen LogP contribution in [0.25, 0.3) is 0 Å². The molecule has 1 fully saturated rings. The minimum absolute atomic E-state index is 0.113. The second kappa shape index (κ2) is 4.57. The van der Waals surface area contributed by atoms with Crippen molar-refractivity contribution in [3.63, 3.8) is 0 Å². The van der Waals surface area contributed by atoms with Gasteiger partial charge >= 0.3 is 6.09 Å². The number of rotatable bonds is 1. The standard InChI is InChI=1S/C10H19NO5/c1-10(2,3)16-9(15)11-5-4-6(12)8(14)7(5)13/h5-8,12-14H,4H2,1-3H3,(H,11,15)/t5-,6+,7-,8+/m1/s1. The molecule has 16 heavy (non-hydrogen) atoms. The number of hydrogen-bond acceptors (Lipinski definition) is 5. The molecule has 0 aromatic rings. The SMILES string of the molecule is CC(C)(C)OC(=O)N[C@@H]1C[C@H](O)[C@H](O)[C@@H]1O. The van der Waals surface area contributed by atoms with E-state index in [0.29, 0.717) is 0 Å². The van der Waals surface area contributed by atoms with Gasteiger partial charge in [0.25, 0.3) is 0 Å². The van der Waals surface area contributed by atoms with E-state index in [4.69, 9.17) is 4.74 Å². The van der Waals surface area contributed by atoms with Gasteiger partial charge in [-0.2, -0.15) is 0 Å². The van der Waals surface area contributed by atoms with E-state index in [1.165, 1.54) is 0 Å². The van der Waals surface area contributed by atoms with E-state index >= 15 is 0 Å². The average Bonchev–Trinajstić information content (AvgIpc) is 2.30. The summed E-state index contributed by atoms with van der Waals surface area (Å²) in [7, 11) is 0. The number of carbonyl (C=O) groups is 1. The molecule has 0 saturated heterocycles. The number of nitrogens with one attached hydrogen (secondary N) is 1. The fraction of sp³-hybridized carbons (Fsp3) is 0.900.